The molecule has 25 atom stereocenters. The number of likely N-dealkylation sites (N-methyl/N-ethyl adjacent to an activating group) is 4. The van der Waals surface area contributed by atoms with Gasteiger partial charge in [0.25, 0.3) is 0 Å². The Morgan fingerprint density at radius 2 is 0.877 bits per heavy atom. The molecule has 2 aromatic carbocycles. The first kappa shape index (κ1) is 126. The van der Waals surface area contributed by atoms with Gasteiger partial charge in [-0.25, -0.2) is 9.59 Å². The van der Waals surface area contributed by atoms with Crippen LogP contribution in [-0.2, 0) is 95.4 Å². The Hall–Kier alpha value is -9.07. The fraction of sp³-hybridized carbons (Fsp3) is 0.730. The summed E-state index contributed by atoms with van der Waals surface area (Å²) in [6.07, 6.45) is 11.3. The number of likely N-dealkylation sites (tertiary alicyclic amines) is 3. The molecule has 0 aromatic heterocycles. The van der Waals surface area contributed by atoms with Crippen LogP contribution >= 0.6 is 11.8 Å². The van der Waals surface area contributed by atoms with Crippen LogP contribution in [0.4, 0.5) is 9.59 Å². The van der Waals surface area contributed by atoms with Gasteiger partial charge in [0.15, 0.2) is 17.3 Å². The Bertz CT molecular complexity index is 4530. The summed E-state index contributed by atoms with van der Waals surface area (Å²) in [4.78, 5) is 201. The number of Topliss-reactive ketones (excluding diaryl/α,β-unsaturated/α-hetero) is 3. The summed E-state index contributed by atoms with van der Waals surface area (Å²) in [6.45, 7) is 33.1. The van der Waals surface area contributed by atoms with Gasteiger partial charge in [-0.05, 0) is 156 Å². The van der Waals surface area contributed by atoms with Crippen LogP contribution in [0.25, 0.3) is 0 Å². The van der Waals surface area contributed by atoms with Crippen LogP contribution in [0.1, 0.15) is 269 Å². The number of amides is 11. The van der Waals surface area contributed by atoms with Crippen molar-refractivity contribution < 1.29 is 115 Å². The molecule has 34 nitrogen and oxygen atoms in total. The normalized spacial score (nSPS) is 22.4. The molecule has 2 aliphatic carbocycles. The molecule has 0 saturated carbocycles. The number of carbonyl (C=O) groups is 14. The Kier molecular flexibility index (Phi) is 53.8. The van der Waals surface area contributed by atoms with Gasteiger partial charge in [-0.1, -0.05) is 190 Å². The summed E-state index contributed by atoms with van der Waals surface area (Å²) in [5.41, 5.74) is 1.38. The Balaban J connectivity index is 0.000000451. The molecule has 0 spiro atoms. The van der Waals surface area contributed by atoms with Crippen LogP contribution in [0.5, 0.6) is 0 Å². The maximum absolute atomic E-state index is 14.8. The van der Waals surface area contributed by atoms with Crippen LogP contribution in [0.2, 0.25) is 0 Å². The monoisotopic (exact) mass is 2070 g/mol. The first-order valence-electron chi connectivity index (χ1n) is 53.2. The van der Waals surface area contributed by atoms with Crippen LogP contribution in [0, 0.1) is 59.2 Å². The van der Waals surface area contributed by atoms with Gasteiger partial charge < -0.3 is 93.5 Å². The molecule has 5 N–H and O–H groups in total. The molecule has 5 unspecified atom stereocenters. The predicted octanol–water partition coefficient (Wildman–Crippen LogP) is 13.3. The summed E-state index contributed by atoms with van der Waals surface area (Å²) in [5, 5.41) is 30.1. The Morgan fingerprint density at radius 1 is 0.486 bits per heavy atom. The zero-order valence-electron chi connectivity index (χ0n) is 92.1. The molecule has 146 heavy (non-hydrogen) atoms. The molecule has 0 radical (unpaired) electrons. The molecule has 3 fully saturated rings. The number of methoxy groups -OCH3 is 4. The highest BCUT2D eigenvalue weighted by Gasteiger charge is 2.49. The molecule has 7 rings (SSSR count). The molecule has 35 heteroatoms. The summed E-state index contributed by atoms with van der Waals surface area (Å²) in [6, 6.07) is 13.5. The van der Waals surface area contributed by atoms with Crippen molar-refractivity contribution in [2.75, 3.05) is 102 Å². The molecule has 0 bridgehead atoms. The van der Waals surface area contributed by atoms with Gasteiger partial charge in [0.2, 0.25) is 53.2 Å². The zero-order valence-corrected chi connectivity index (χ0v) is 92.9. The lowest BCUT2D eigenvalue weighted by molar-refractivity contribution is -0.149. The van der Waals surface area contributed by atoms with Crippen LogP contribution in [0.3, 0.4) is 0 Å². The van der Waals surface area contributed by atoms with E-state index < -0.39 is 127 Å². The summed E-state index contributed by atoms with van der Waals surface area (Å²) < 4.78 is 47.7. The van der Waals surface area contributed by atoms with E-state index in [0.717, 1.165) is 19.3 Å². The van der Waals surface area contributed by atoms with E-state index in [-0.39, 0.29) is 188 Å². The van der Waals surface area contributed by atoms with Crippen molar-refractivity contribution in [3.8, 4) is 0 Å². The minimum absolute atomic E-state index is 0.0188. The zero-order chi connectivity index (χ0) is 109. The van der Waals surface area contributed by atoms with Crippen molar-refractivity contribution in [1.29, 1.82) is 0 Å². The number of aliphatic hydroxyl groups is 2. The molecule has 2 aromatic rings. The highest BCUT2D eigenvalue weighted by molar-refractivity contribution is 8.00. The number of aliphatic hydroxyl groups excluding tert-OH is 2. The lowest BCUT2D eigenvalue weighted by Crippen LogP contribution is -2.55. The first-order valence-corrected chi connectivity index (χ1v) is 54.5. The molecule has 5 aliphatic rings. The predicted molar refractivity (Wildman–Crippen MR) is 561 cm³/mol. The van der Waals surface area contributed by atoms with E-state index in [9.17, 15) is 77.3 Å². The fourth-order valence-electron chi connectivity index (χ4n) is 21.2. The van der Waals surface area contributed by atoms with Gasteiger partial charge in [0, 0.05) is 120 Å². The highest BCUT2D eigenvalue weighted by Crippen LogP contribution is 2.37. The molecule has 3 saturated heterocycles. The van der Waals surface area contributed by atoms with Crippen molar-refractivity contribution in [1.82, 2.24) is 50.2 Å². The smallest absolute Gasteiger partial charge is 0.410 e. The Morgan fingerprint density at radius 3 is 1.22 bits per heavy atom. The lowest BCUT2D eigenvalue weighted by atomic mass is 9.83. The molecular weight excluding hydrogens is 1890 g/mol. The van der Waals surface area contributed by atoms with Crippen LogP contribution in [0.15, 0.2) is 85.0 Å². The molecular formula is C111H178N10O24S. The second kappa shape index (κ2) is 62.5. The van der Waals surface area contributed by atoms with Gasteiger partial charge in [0.1, 0.15) is 25.4 Å². The third kappa shape index (κ3) is 36.1. The second-order valence-corrected chi connectivity index (χ2v) is 43.1. The minimum atomic E-state index is -0.915. The number of ether oxygens (including phenoxy) is 8. The molecule has 822 valence electrons. The largest absolute Gasteiger partial charge is 0.442 e. The third-order valence-electron chi connectivity index (χ3n) is 30.4. The average Bonchev–Trinajstić information content (AvgIpc) is 1.38. The number of nitrogens with zero attached hydrogens (tertiary/aromatic N) is 7. The van der Waals surface area contributed by atoms with Gasteiger partial charge >= 0.3 is 12.2 Å². The van der Waals surface area contributed by atoms with Crippen molar-refractivity contribution in [2.45, 2.75) is 361 Å². The number of thioether (sulfide) groups is 1. The summed E-state index contributed by atoms with van der Waals surface area (Å²) in [7, 11) is 12.7. The minimum Gasteiger partial charge on any atom is -0.442 e. The van der Waals surface area contributed by atoms with E-state index in [4.69, 9.17) is 37.9 Å². The van der Waals surface area contributed by atoms with E-state index in [0.29, 0.717) is 101 Å². The van der Waals surface area contributed by atoms with Crippen molar-refractivity contribution in [2.24, 2.45) is 59.2 Å². The number of rotatable bonds is 55. The Labute approximate surface area is 873 Å². The SMILES string of the molecule is CCC(=O)COC1C/C=C/C(OC(=O)N(C)[C@H](C(=O)C[C@H](C(=O)N(C)[C@@H]([C@@H](C)CC)[C@@H](CC(=O)N2CCC[C@H]2[C@H](OC)[C@@H](C)C(=O)N[C@H](C)[C@@H](O)c2ccccc2)OC)C(C)C)C(C)C)CCC1.CC[C@H](C)[C@@H]([C@@H](CC(=O)N1CCC[C@H]1[C@H](OC)[C@@H](C)C(=O)N[C@H](C)[C@@H](O)c1ccccc1)OC)N(C)C(=O)[C@@H](CC(=O)[C@H](C(C)C)N(C)C(=O)OC1/C=C/CC(OCC(=O)NCCN2C(=O)CC(SC)C2=O)CCC1)C(C)C. The molecule has 11 amide bonds. The van der Waals surface area contributed by atoms with Crippen LogP contribution in [-0.4, -0.2) is 332 Å². The highest BCUT2D eigenvalue weighted by atomic mass is 32.2. The summed E-state index contributed by atoms with van der Waals surface area (Å²) >= 11 is 1.34. The van der Waals surface area contributed by atoms with Crippen molar-refractivity contribution >= 4 is 94.5 Å². The average molecular weight is 2070 g/mol. The number of hydrogen-bond acceptors (Lipinski definition) is 25. The van der Waals surface area contributed by atoms with Crippen molar-refractivity contribution in [3.63, 3.8) is 0 Å². The molecule has 3 aliphatic heterocycles. The van der Waals surface area contributed by atoms with E-state index in [2.05, 4.69) is 16.0 Å². The maximum Gasteiger partial charge on any atom is 0.410 e. The van der Waals surface area contributed by atoms with Gasteiger partial charge in [-0.15, -0.1) is 0 Å². The third-order valence-corrected chi connectivity index (χ3v) is 31.3. The number of carbonyl (C=O) groups excluding carboxylic acids is 14. The number of imide groups is 1. The topological polar surface area (TPSA) is 412 Å². The molecule has 3 heterocycles. The van der Waals surface area contributed by atoms with Gasteiger partial charge in [-0.2, -0.15) is 11.8 Å². The maximum atomic E-state index is 14.8. The second-order valence-electron chi connectivity index (χ2n) is 42.1. The van der Waals surface area contributed by atoms with E-state index in [1.807, 2.05) is 157 Å². The lowest BCUT2D eigenvalue weighted by Gasteiger charge is -2.41. The number of ketones is 3. The number of benzene rings is 2. The standard InChI is InChI=1S/C58H92N6O13S.C53H86N4O11/c1-14-37(6)52(46(74-11)32-49(67)63-29-20-27-44(63)54(75-12)38(7)55(70)60-39(8)53(69)40-21-16-15-17-22-40)61(9)56(71)43(35(2)3)31-45(65)51(36(4)5)62(10)58(73)77-42-25-18-23-41(24-19-26-42)76-34-48(66)59-28-30-64-50(68)33-47(78-13)57(64)72;1-14-35(7)48(45(65-12)31-46(60)57-29-21-28-43(57)50(66-13)36(8)51(62)54-37(9)49(61)38-22-17-16-18-23-38)55(10)52(63)42(33(3)4)30-44(59)47(34(5)6)56(11)53(64)68-41-26-19-24-40(25-20-27-41)67-32-39(58)15-2/h15-18,21-22,25,35-39,41-44,46-47,51-54,69H,14,19-20,23-24,26-34H2,1-13H3,(H,59,66)(H,60,70);16-19,22-23,26,33-37,40-43,45,47-50,61H,14-15,20-21,24-25,27-32H2,1-13H3,(H,54,62)/b25-18+;26-19+/t37-,38+,39+,41?,42?,43-,44-,46+,47?,51-,52-,53+,54+;35-,36+,37+,40?,41?,42-,43-,45+,47-,48-,49+,50+/m00/s1. The van der Waals surface area contributed by atoms with E-state index in [1.54, 1.807) is 114 Å². The van der Waals surface area contributed by atoms with Crippen molar-refractivity contribution in [3.05, 3.63) is 96.1 Å². The quantitative estimate of drug-likeness (QED) is 0.0303. The number of nitrogens with one attached hydrogen (secondary N) is 3. The van der Waals surface area contributed by atoms with Gasteiger partial charge in [-0.3, -0.25) is 62.4 Å². The van der Waals surface area contributed by atoms with Gasteiger partial charge in [0.05, 0.1) is 127 Å². The fourth-order valence-corrected chi connectivity index (χ4v) is 21.9. The number of hydrogen-bond donors (Lipinski definition) is 5. The van der Waals surface area contributed by atoms with Crippen LogP contribution < -0.4 is 16.0 Å². The van der Waals surface area contributed by atoms with E-state index >= 15 is 0 Å². The first-order chi connectivity index (χ1) is 69.2. The van der Waals surface area contributed by atoms with E-state index in [1.165, 1.54) is 40.7 Å². The summed E-state index contributed by atoms with van der Waals surface area (Å²) in [5.74, 6) is -6.78.